The monoisotopic (exact) mass is 479 g/mol. The molecule has 6 nitrogen and oxygen atoms in total. The number of carbonyl (C=O) groups is 2. The highest BCUT2D eigenvalue weighted by molar-refractivity contribution is 8.00. The molecule has 7 atom stereocenters. The van der Waals surface area contributed by atoms with Crippen LogP contribution in [0.3, 0.4) is 0 Å². The van der Waals surface area contributed by atoms with Crippen LogP contribution in [0.5, 0.6) is 0 Å². The number of halogens is 1. The van der Waals surface area contributed by atoms with Crippen molar-refractivity contribution in [1.82, 2.24) is 9.97 Å². The number of anilines is 1. The average molecular weight is 480 g/mol. The molecule has 4 heterocycles. The topological polar surface area (TPSA) is 83.1 Å². The van der Waals surface area contributed by atoms with Crippen molar-refractivity contribution in [1.29, 1.82) is 0 Å². The number of hydrogen-bond acceptors (Lipinski definition) is 6. The fraction of sp³-hybridized carbons (Fsp3) is 0.333. The predicted molar refractivity (Wildman–Crippen MR) is 122 cm³/mol. The van der Waals surface area contributed by atoms with Crippen LogP contribution in [0.15, 0.2) is 58.6 Å². The van der Waals surface area contributed by atoms with E-state index in [0.29, 0.717) is 5.69 Å². The molecular formula is C24H18FN3O3S2. The summed E-state index contributed by atoms with van der Waals surface area (Å²) in [5, 5.41) is 1.03. The first-order chi connectivity index (χ1) is 16.0. The number of H-pyrrole nitrogens is 1. The van der Waals surface area contributed by atoms with Gasteiger partial charge in [-0.1, -0.05) is 17.4 Å². The summed E-state index contributed by atoms with van der Waals surface area (Å²) in [7, 11) is 0. The Kier molecular flexibility index (Phi) is 4.09. The first kappa shape index (κ1) is 19.7. The Bertz CT molecular complexity index is 1360. The number of fused-ring (bicyclic) bond motifs is 9. The van der Waals surface area contributed by atoms with Gasteiger partial charge >= 0.3 is 4.87 Å². The maximum Gasteiger partial charge on any atom is 0.305 e. The van der Waals surface area contributed by atoms with Crippen LogP contribution in [0.1, 0.15) is 22.8 Å². The SMILES string of the molecule is O=C1C2C3CC(C2C(=O)N1c1ccc(F)cc1)C1C(c2cccnc2)c2sc(=O)[nH]c2SC31. The van der Waals surface area contributed by atoms with Gasteiger partial charge in [-0.25, -0.2) is 4.39 Å². The van der Waals surface area contributed by atoms with Crippen LogP contribution in [0, 0.1) is 35.4 Å². The van der Waals surface area contributed by atoms with Gasteiger partial charge < -0.3 is 4.98 Å². The Balaban J connectivity index is 1.33. The zero-order valence-corrected chi connectivity index (χ0v) is 18.8. The van der Waals surface area contributed by atoms with Gasteiger partial charge in [0.1, 0.15) is 5.82 Å². The molecule has 7 rings (SSSR count). The van der Waals surface area contributed by atoms with Crippen molar-refractivity contribution in [2.24, 2.45) is 29.6 Å². The molecule has 2 aromatic heterocycles. The number of hydrogen-bond donors (Lipinski definition) is 1. The molecule has 7 unspecified atom stereocenters. The molecule has 9 heteroatoms. The second kappa shape index (κ2) is 6.87. The van der Waals surface area contributed by atoms with Crippen molar-refractivity contribution in [2.75, 3.05) is 4.90 Å². The van der Waals surface area contributed by atoms with E-state index < -0.39 is 5.82 Å². The van der Waals surface area contributed by atoms with Crippen molar-refractivity contribution >= 4 is 40.6 Å². The molecule has 166 valence electrons. The Labute approximate surface area is 196 Å². The zero-order chi connectivity index (χ0) is 22.4. The first-order valence-corrected chi connectivity index (χ1v) is 12.7. The molecule has 2 amide bonds. The molecule has 2 bridgehead atoms. The van der Waals surface area contributed by atoms with Crippen LogP contribution in [-0.4, -0.2) is 27.0 Å². The van der Waals surface area contributed by atoms with E-state index in [1.165, 1.54) is 40.5 Å². The van der Waals surface area contributed by atoms with E-state index in [-0.39, 0.29) is 57.4 Å². The molecule has 0 radical (unpaired) electrons. The number of aromatic amines is 1. The van der Waals surface area contributed by atoms with Crippen molar-refractivity contribution < 1.29 is 14.0 Å². The minimum atomic E-state index is -0.403. The minimum absolute atomic E-state index is 0.0253. The number of carbonyl (C=O) groups excluding carboxylic acids is 2. The summed E-state index contributed by atoms with van der Waals surface area (Å²) in [6, 6.07) is 9.49. The summed E-state index contributed by atoms with van der Waals surface area (Å²) in [5.74, 6) is -1.25. The van der Waals surface area contributed by atoms with Crippen molar-refractivity contribution in [2.45, 2.75) is 22.6 Å². The van der Waals surface area contributed by atoms with Crippen molar-refractivity contribution in [3.8, 4) is 0 Å². The maximum atomic E-state index is 13.6. The van der Waals surface area contributed by atoms with Gasteiger partial charge in [-0.15, -0.1) is 11.8 Å². The van der Waals surface area contributed by atoms with Gasteiger partial charge in [-0.05, 0) is 60.1 Å². The molecule has 2 aliphatic heterocycles. The summed E-state index contributed by atoms with van der Waals surface area (Å²) < 4.78 is 13.4. The molecule has 3 fully saturated rings. The number of benzene rings is 1. The largest absolute Gasteiger partial charge is 0.307 e. The number of amides is 2. The maximum absolute atomic E-state index is 13.6. The van der Waals surface area contributed by atoms with Crippen LogP contribution < -0.4 is 9.77 Å². The minimum Gasteiger partial charge on any atom is -0.307 e. The average Bonchev–Trinajstić information content (AvgIpc) is 3.54. The summed E-state index contributed by atoms with van der Waals surface area (Å²) in [4.78, 5) is 48.8. The molecule has 1 N–H and O–H groups in total. The molecule has 0 spiro atoms. The van der Waals surface area contributed by atoms with Gasteiger partial charge in [0.15, 0.2) is 0 Å². The van der Waals surface area contributed by atoms with E-state index in [2.05, 4.69) is 9.97 Å². The van der Waals surface area contributed by atoms with Crippen LogP contribution in [0.4, 0.5) is 10.1 Å². The van der Waals surface area contributed by atoms with E-state index in [1.54, 1.807) is 18.0 Å². The lowest BCUT2D eigenvalue weighted by atomic mass is 9.68. The molecular weight excluding hydrogens is 461 g/mol. The second-order valence-electron chi connectivity index (χ2n) is 9.24. The van der Waals surface area contributed by atoms with E-state index in [9.17, 15) is 18.8 Å². The third-order valence-electron chi connectivity index (χ3n) is 7.85. The van der Waals surface area contributed by atoms with Gasteiger partial charge in [0, 0.05) is 28.4 Å². The molecule has 3 aromatic rings. The van der Waals surface area contributed by atoms with Crippen molar-refractivity contribution in [3.05, 3.63) is 74.7 Å². The van der Waals surface area contributed by atoms with E-state index in [4.69, 9.17) is 0 Å². The highest BCUT2D eigenvalue weighted by Gasteiger charge is 2.69. The Morgan fingerprint density at radius 1 is 1.03 bits per heavy atom. The number of thiazole rings is 1. The van der Waals surface area contributed by atoms with Gasteiger partial charge in [-0.3, -0.25) is 24.3 Å². The summed E-state index contributed by atoms with van der Waals surface area (Å²) >= 11 is 2.90. The number of rotatable bonds is 2. The number of nitrogens with one attached hydrogen (secondary N) is 1. The lowest BCUT2D eigenvalue weighted by Gasteiger charge is -2.42. The number of thioether (sulfide) groups is 1. The van der Waals surface area contributed by atoms with Crippen molar-refractivity contribution in [3.63, 3.8) is 0 Å². The fourth-order valence-electron chi connectivity index (χ4n) is 6.79. The normalized spacial score (nSPS) is 33.8. The summed E-state index contributed by atoms with van der Waals surface area (Å²) in [6.45, 7) is 0. The number of nitrogens with zero attached hydrogens (tertiary/aromatic N) is 2. The van der Waals surface area contributed by atoms with Gasteiger partial charge in [0.25, 0.3) is 0 Å². The third kappa shape index (κ3) is 2.60. The van der Waals surface area contributed by atoms with Crippen LogP contribution in [0.2, 0.25) is 0 Å². The number of aromatic nitrogens is 2. The highest BCUT2D eigenvalue weighted by Crippen LogP contribution is 2.68. The molecule has 2 saturated carbocycles. The Morgan fingerprint density at radius 3 is 2.52 bits per heavy atom. The Morgan fingerprint density at radius 2 is 1.79 bits per heavy atom. The smallest absolute Gasteiger partial charge is 0.305 e. The number of imide groups is 1. The van der Waals surface area contributed by atoms with Gasteiger partial charge in [-0.2, -0.15) is 0 Å². The molecule has 4 aliphatic rings. The third-order valence-corrected chi connectivity index (χ3v) is 10.4. The van der Waals surface area contributed by atoms with E-state index >= 15 is 0 Å². The molecule has 33 heavy (non-hydrogen) atoms. The van der Waals surface area contributed by atoms with Gasteiger partial charge in [0.2, 0.25) is 11.8 Å². The zero-order valence-electron chi connectivity index (χ0n) is 17.2. The van der Waals surface area contributed by atoms with Crippen LogP contribution in [-0.2, 0) is 9.59 Å². The molecule has 1 aromatic carbocycles. The van der Waals surface area contributed by atoms with Gasteiger partial charge in [0.05, 0.1) is 22.5 Å². The quantitative estimate of drug-likeness (QED) is 0.568. The van der Waals surface area contributed by atoms with E-state index in [0.717, 1.165) is 21.9 Å². The molecule has 2 aliphatic carbocycles. The first-order valence-electron chi connectivity index (χ1n) is 11.0. The standard InChI is InChI=1S/C24H18FN3O3S2/c25-11-3-5-12(6-4-11)28-22(29)17-13-8-14(18(17)23(28)30)19-16(13)15(10-2-1-7-26-9-10)20-21(32-19)27-24(31)33-20/h1-7,9,13-19H,8H2,(H,27,31). The molecule has 1 saturated heterocycles. The highest BCUT2D eigenvalue weighted by atomic mass is 32.2. The summed E-state index contributed by atoms with van der Waals surface area (Å²) in [6.07, 6.45) is 4.42. The van der Waals surface area contributed by atoms with Crippen LogP contribution in [0.25, 0.3) is 0 Å². The lowest BCUT2D eigenvalue weighted by molar-refractivity contribution is -0.123. The fourth-order valence-corrected chi connectivity index (χ4v) is 9.68. The van der Waals surface area contributed by atoms with E-state index in [1.807, 2.05) is 18.3 Å². The predicted octanol–water partition coefficient (Wildman–Crippen LogP) is 3.65. The Hall–Kier alpha value is -2.78. The second-order valence-corrected chi connectivity index (χ2v) is 11.4. The number of pyridine rings is 1. The summed E-state index contributed by atoms with van der Waals surface area (Å²) in [5.41, 5.74) is 1.48. The van der Waals surface area contributed by atoms with Crippen LogP contribution >= 0.6 is 23.1 Å². The lowest BCUT2D eigenvalue weighted by Crippen LogP contribution is -2.42.